The maximum Gasteiger partial charge on any atom is 0.129 e. The Bertz CT molecular complexity index is 433. The Morgan fingerprint density at radius 3 is 3.00 bits per heavy atom. The van der Waals surface area contributed by atoms with E-state index < -0.39 is 5.60 Å². The zero-order valence-electron chi connectivity index (χ0n) is 9.23. The minimum Gasteiger partial charge on any atom is -0.397 e. The van der Waals surface area contributed by atoms with Crippen molar-refractivity contribution in [3.05, 3.63) is 10.9 Å². The van der Waals surface area contributed by atoms with Crippen molar-refractivity contribution in [1.82, 2.24) is 0 Å². The molecule has 0 aromatic carbocycles. The summed E-state index contributed by atoms with van der Waals surface area (Å²) in [5.74, 6) is 0. The van der Waals surface area contributed by atoms with Crippen LogP contribution in [0.4, 0.5) is 10.7 Å². The molecule has 1 fully saturated rings. The van der Waals surface area contributed by atoms with Gasteiger partial charge in [0.1, 0.15) is 10.9 Å². The summed E-state index contributed by atoms with van der Waals surface area (Å²) in [7, 11) is 0. The van der Waals surface area contributed by atoms with Crippen LogP contribution in [0.5, 0.6) is 0 Å². The van der Waals surface area contributed by atoms with Gasteiger partial charge >= 0.3 is 0 Å². The highest BCUT2D eigenvalue weighted by molar-refractivity contribution is 7.17. The quantitative estimate of drug-likeness (QED) is 0.777. The Hall–Kier alpha value is -1.25. The largest absolute Gasteiger partial charge is 0.397 e. The van der Waals surface area contributed by atoms with Gasteiger partial charge in [-0.2, -0.15) is 5.26 Å². The highest BCUT2D eigenvalue weighted by Gasteiger charge is 2.29. The van der Waals surface area contributed by atoms with E-state index in [0.29, 0.717) is 17.1 Å². The molecule has 86 valence electrons. The van der Waals surface area contributed by atoms with E-state index in [1.807, 2.05) is 13.0 Å². The third-order valence-corrected chi connectivity index (χ3v) is 3.95. The van der Waals surface area contributed by atoms with Gasteiger partial charge in [0.25, 0.3) is 0 Å². The standard InChI is InChI=1S/C11H15N3OS/c1-11(15)3-2-4-14(7-11)10-5-8(13)9(6-12)16-10/h5,15H,2-4,7,13H2,1H3. The Balaban J connectivity index is 2.21. The topological polar surface area (TPSA) is 73.3 Å². The summed E-state index contributed by atoms with van der Waals surface area (Å²) in [4.78, 5) is 2.66. The highest BCUT2D eigenvalue weighted by Crippen LogP contribution is 2.34. The molecule has 1 aliphatic rings. The summed E-state index contributed by atoms with van der Waals surface area (Å²) in [6.07, 6.45) is 1.79. The van der Waals surface area contributed by atoms with Crippen LogP contribution in [0.25, 0.3) is 0 Å². The molecule has 0 saturated carbocycles. The number of nitrogens with two attached hydrogens (primary N) is 1. The SMILES string of the molecule is CC1(O)CCCN(c2cc(N)c(C#N)s2)C1. The number of nitrogen functional groups attached to an aromatic ring is 1. The van der Waals surface area contributed by atoms with Gasteiger partial charge in [-0.3, -0.25) is 0 Å². The molecule has 2 heterocycles. The van der Waals surface area contributed by atoms with Crippen molar-refractivity contribution in [1.29, 1.82) is 5.26 Å². The summed E-state index contributed by atoms with van der Waals surface area (Å²) in [6.45, 7) is 3.38. The van der Waals surface area contributed by atoms with Gasteiger partial charge in [0.2, 0.25) is 0 Å². The average molecular weight is 237 g/mol. The normalized spacial score (nSPS) is 25.4. The fraction of sp³-hybridized carbons (Fsp3) is 0.545. The lowest BCUT2D eigenvalue weighted by molar-refractivity contribution is 0.0451. The van der Waals surface area contributed by atoms with Gasteiger partial charge < -0.3 is 15.7 Å². The van der Waals surface area contributed by atoms with Gasteiger partial charge in [-0.05, 0) is 25.8 Å². The van der Waals surface area contributed by atoms with Crippen molar-refractivity contribution >= 4 is 22.0 Å². The maximum atomic E-state index is 10.0. The molecule has 3 N–H and O–H groups in total. The summed E-state index contributed by atoms with van der Waals surface area (Å²) in [6, 6.07) is 3.90. The summed E-state index contributed by atoms with van der Waals surface area (Å²) >= 11 is 1.40. The third kappa shape index (κ3) is 2.13. The first-order chi connectivity index (χ1) is 7.52. The lowest BCUT2D eigenvalue weighted by Crippen LogP contribution is -2.45. The molecule has 2 rings (SSSR count). The Morgan fingerprint density at radius 2 is 2.44 bits per heavy atom. The molecular formula is C11H15N3OS. The molecule has 0 radical (unpaired) electrons. The number of hydrogen-bond donors (Lipinski definition) is 2. The zero-order valence-corrected chi connectivity index (χ0v) is 10.0. The van der Waals surface area contributed by atoms with Crippen molar-refractivity contribution < 1.29 is 5.11 Å². The Labute approximate surface area is 98.9 Å². The monoisotopic (exact) mass is 237 g/mol. The minimum atomic E-state index is -0.635. The fourth-order valence-electron chi connectivity index (χ4n) is 2.04. The number of nitrogens with zero attached hydrogens (tertiary/aromatic N) is 2. The van der Waals surface area contributed by atoms with Crippen LogP contribution in [0.3, 0.4) is 0 Å². The van der Waals surface area contributed by atoms with Gasteiger partial charge in [0, 0.05) is 13.1 Å². The van der Waals surface area contributed by atoms with E-state index in [-0.39, 0.29) is 0 Å². The first-order valence-electron chi connectivity index (χ1n) is 5.28. The van der Waals surface area contributed by atoms with Crippen LogP contribution >= 0.6 is 11.3 Å². The predicted octanol–water partition coefficient (Wildman–Crippen LogP) is 1.55. The van der Waals surface area contributed by atoms with Crippen molar-refractivity contribution in [2.45, 2.75) is 25.4 Å². The molecule has 0 bridgehead atoms. The Kier molecular flexibility index (Phi) is 2.78. The predicted molar refractivity (Wildman–Crippen MR) is 65.5 cm³/mol. The first kappa shape index (κ1) is 11.2. The fourth-order valence-corrected chi connectivity index (χ4v) is 2.95. The smallest absolute Gasteiger partial charge is 0.129 e. The van der Waals surface area contributed by atoms with E-state index in [4.69, 9.17) is 11.0 Å². The van der Waals surface area contributed by atoms with Crippen LogP contribution in [-0.2, 0) is 0 Å². The van der Waals surface area contributed by atoms with Crippen molar-refractivity contribution in [3.63, 3.8) is 0 Å². The molecule has 0 amide bonds. The molecule has 4 nitrogen and oxygen atoms in total. The lowest BCUT2D eigenvalue weighted by Gasteiger charge is -2.37. The Morgan fingerprint density at radius 1 is 1.69 bits per heavy atom. The zero-order chi connectivity index (χ0) is 11.8. The van der Waals surface area contributed by atoms with E-state index in [2.05, 4.69) is 11.0 Å². The highest BCUT2D eigenvalue weighted by atomic mass is 32.1. The number of thiophene rings is 1. The second-order valence-electron chi connectivity index (χ2n) is 4.50. The molecule has 1 saturated heterocycles. The average Bonchev–Trinajstić information content (AvgIpc) is 2.58. The van der Waals surface area contributed by atoms with Gasteiger partial charge in [0.15, 0.2) is 0 Å². The number of hydrogen-bond acceptors (Lipinski definition) is 5. The van der Waals surface area contributed by atoms with Crippen molar-refractivity contribution in [2.75, 3.05) is 23.7 Å². The summed E-state index contributed by atoms with van der Waals surface area (Å²) in [5, 5.41) is 19.8. The van der Waals surface area contributed by atoms with Crippen LogP contribution in [0, 0.1) is 11.3 Å². The first-order valence-corrected chi connectivity index (χ1v) is 6.10. The molecule has 1 atom stereocenters. The third-order valence-electron chi connectivity index (χ3n) is 2.84. The van der Waals surface area contributed by atoms with Crippen LogP contribution < -0.4 is 10.6 Å². The van der Waals surface area contributed by atoms with E-state index in [1.165, 1.54) is 11.3 Å². The van der Waals surface area contributed by atoms with Crippen LogP contribution in [-0.4, -0.2) is 23.8 Å². The molecule has 1 aromatic rings. The van der Waals surface area contributed by atoms with Crippen LogP contribution in [0.1, 0.15) is 24.6 Å². The number of rotatable bonds is 1. The van der Waals surface area contributed by atoms with Gasteiger partial charge in [-0.1, -0.05) is 0 Å². The van der Waals surface area contributed by atoms with E-state index >= 15 is 0 Å². The van der Waals surface area contributed by atoms with Crippen molar-refractivity contribution in [3.8, 4) is 6.07 Å². The number of piperidine rings is 1. The summed E-state index contributed by atoms with van der Waals surface area (Å²) in [5.41, 5.74) is 5.62. The van der Waals surface area contributed by atoms with E-state index in [9.17, 15) is 5.11 Å². The molecule has 0 aliphatic carbocycles. The van der Waals surface area contributed by atoms with Gasteiger partial charge in [-0.15, -0.1) is 11.3 Å². The van der Waals surface area contributed by atoms with E-state index in [1.54, 1.807) is 0 Å². The maximum absolute atomic E-state index is 10.0. The molecule has 1 unspecified atom stereocenters. The van der Waals surface area contributed by atoms with E-state index in [0.717, 1.165) is 24.4 Å². The second-order valence-corrected chi connectivity index (χ2v) is 5.53. The molecule has 0 spiro atoms. The van der Waals surface area contributed by atoms with Crippen LogP contribution in [0.15, 0.2) is 6.07 Å². The minimum absolute atomic E-state index is 0.535. The molecular weight excluding hydrogens is 222 g/mol. The van der Waals surface area contributed by atoms with Gasteiger partial charge in [0.05, 0.1) is 16.3 Å². The van der Waals surface area contributed by atoms with Crippen LogP contribution in [0.2, 0.25) is 0 Å². The number of nitriles is 1. The number of anilines is 2. The summed E-state index contributed by atoms with van der Waals surface area (Å²) < 4.78 is 0. The molecule has 16 heavy (non-hydrogen) atoms. The van der Waals surface area contributed by atoms with Gasteiger partial charge in [-0.25, -0.2) is 0 Å². The molecule has 1 aliphatic heterocycles. The second kappa shape index (κ2) is 3.96. The molecule has 1 aromatic heterocycles. The number of aliphatic hydroxyl groups is 1. The lowest BCUT2D eigenvalue weighted by atomic mass is 9.95. The number of β-amino-alcohol motifs (C(OH)–C–C–N with tert-alkyl or cyclic N) is 1. The molecule has 5 heteroatoms. The van der Waals surface area contributed by atoms with Crippen molar-refractivity contribution in [2.24, 2.45) is 0 Å².